The van der Waals surface area contributed by atoms with E-state index >= 15 is 0 Å². The maximum atomic E-state index is 5.90. The topological polar surface area (TPSA) is 12.9 Å². The zero-order chi connectivity index (χ0) is 12.6. The van der Waals surface area contributed by atoms with Crippen LogP contribution in [0, 0.1) is 27.7 Å². The molecule has 0 unspecified atom stereocenters. The van der Waals surface area contributed by atoms with Crippen LogP contribution in [0.5, 0.6) is 0 Å². The minimum atomic E-state index is 0.549. The molecule has 1 heterocycles. The third kappa shape index (κ3) is 2.24. The lowest BCUT2D eigenvalue weighted by Crippen LogP contribution is -1.90. The van der Waals surface area contributed by atoms with Crippen molar-refractivity contribution in [1.82, 2.24) is 4.98 Å². The SMILES string of the molecule is Cc1ccc(-c2nc(C)c(CCl)s2)c(C)c1C. The fraction of sp³-hybridized carbons (Fsp3) is 0.357. The molecule has 1 aromatic carbocycles. The highest BCUT2D eigenvalue weighted by Gasteiger charge is 2.12. The lowest BCUT2D eigenvalue weighted by Gasteiger charge is -2.08. The number of hydrogen-bond acceptors (Lipinski definition) is 2. The number of halogens is 1. The standard InChI is InChI=1S/C14H16ClNS/c1-8-5-6-12(10(3)9(8)2)14-16-11(4)13(7-15)17-14/h5-6H,7H2,1-4H3. The number of rotatable bonds is 2. The first-order chi connectivity index (χ1) is 8.04. The van der Waals surface area contributed by atoms with E-state index in [4.69, 9.17) is 11.6 Å². The summed E-state index contributed by atoms with van der Waals surface area (Å²) < 4.78 is 0. The number of nitrogens with zero attached hydrogens (tertiary/aromatic N) is 1. The zero-order valence-electron chi connectivity index (χ0n) is 10.6. The van der Waals surface area contributed by atoms with E-state index in [1.807, 2.05) is 6.92 Å². The summed E-state index contributed by atoms with van der Waals surface area (Å²) in [5.41, 5.74) is 6.29. The summed E-state index contributed by atoms with van der Waals surface area (Å²) in [5, 5.41) is 1.08. The first-order valence-electron chi connectivity index (χ1n) is 5.64. The van der Waals surface area contributed by atoms with Crippen LogP contribution in [0.2, 0.25) is 0 Å². The molecule has 2 aromatic rings. The van der Waals surface area contributed by atoms with Crippen molar-refractivity contribution in [2.45, 2.75) is 33.6 Å². The predicted molar refractivity (Wildman–Crippen MR) is 76.1 cm³/mol. The molecule has 1 aromatic heterocycles. The number of hydrogen-bond donors (Lipinski definition) is 0. The largest absolute Gasteiger partial charge is 0.241 e. The second kappa shape index (κ2) is 4.79. The molecule has 1 nitrogen and oxygen atoms in total. The lowest BCUT2D eigenvalue weighted by molar-refractivity contribution is 1.21. The van der Waals surface area contributed by atoms with Crippen LogP contribution in [0.1, 0.15) is 27.3 Å². The van der Waals surface area contributed by atoms with Gasteiger partial charge in [0.1, 0.15) is 5.01 Å². The predicted octanol–water partition coefficient (Wildman–Crippen LogP) is 4.78. The maximum absolute atomic E-state index is 5.90. The summed E-state index contributed by atoms with van der Waals surface area (Å²) in [6, 6.07) is 4.32. The normalized spacial score (nSPS) is 10.9. The van der Waals surface area contributed by atoms with E-state index in [0.717, 1.165) is 10.7 Å². The van der Waals surface area contributed by atoms with Crippen LogP contribution in [0.3, 0.4) is 0 Å². The molecule has 0 aliphatic carbocycles. The Morgan fingerprint density at radius 1 is 1.12 bits per heavy atom. The molecule has 0 bridgehead atoms. The Morgan fingerprint density at radius 3 is 2.41 bits per heavy atom. The van der Waals surface area contributed by atoms with Crippen molar-refractivity contribution in [3.8, 4) is 10.6 Å². The van der Waals surface area contributed by atoms with E-state index in [-0.39, 0.29) is 0 Å². The number of benzene rings is 1. The first-order valence-corrected chi connectivity index (χ1v) is 6.99. The summed E-state index contributed by atoms with van der Waals surface area (Å²) in [6.07, 6.45) is 0. The molecule has 0 fully saturated rings. The smallest absolute Gasteiger partial charge is 0.124 e. The Morgan fingerprint density at radius 2 is 1.82 bits per heavy atom. The van der Waals surface area contributed by atoms with Crippen LogP contribution in [0.15, 0.2) is 12.1 Å². The lowest BCUT2D eigenvalue weighted by atomic mass is 9.99. The van der Waals surface area contributed by atoms with Crippen LogP contribution in [0.4, 0.5) is 0 Å². The summed E-state index contributed by atoms with van der Waals surface area (Å²) in [7, 11) is 0. The van der Waals surface area contributed by atoms with Gasteiger partial charge >= 0.3 is 0 Å². The van der Waals surface area contributed by atoms with Gasteiger partial charge in [-0.1, -0.05) is 12.1 Å². The molecule has 90 valence electrons. The fourth-order valence-corrected chi connectivity index (χ4v) is 3.21. The molecule has 0 saturated heterocycles. The molecule has 0 atom stereocenters. The quantitative estimate of drug-likeness (QED) is 0.712. The van der Waals surface area contributed by atoms with Crippen molar-refractivity contribution in [2.75, 3.05) is 0 Å². The van der Waals surface area contributed by atoms with Gasteiger partial charge in [-0.15, -0.1) is 22.9 Å². The van der Waals surface area contributed by atoms with Gasteiger partial charge < -0.3 is 0 Å². The van der Waals surface area contributed by atoms with Gasteiger partial charge in [0, 0.05) is 10.4 Å². The molecular formula is C14H16ClNS. The minimum absolute atomic E-state index is 0.549. The van der Waals surface area contributed by atoms with E-state index in [9.17, 15) is 0 Å². The molecule has 0 saturated carbocycles. The van der Waals surface area contributed by atoms with Gasteiger partial charge in [0.15, 0.2) is 0 Å². The second-order valence-corrected chi connectivity index (χ2v) is 5.69. The number of aryl methyl sites for hydroxylation is 2. The maximum Gasteiger partial charge on any atom is 0.124 e. The van der Waals surface area contributed by atoms with Crippen LogP contribution in [0.25, 0.3) is 10.6 Å². The average Bonchev–Trinajstić information content (AvgIpc) is 2.67. The number of thiazole rings is 1. The summed E-state index contributed by atoms with van der Waals surface area (Å²) in [5.74, 6) is 0.549. The Hall–Kier alpha value is -0.860. The van der Waals surface area contributed by atoms with Gasteiger partial charge in [-0.25, -0.2) is 4.98 Å². The molecule has 0 amide bonds. The first kappa shape index (κ1) is 12.6. The van der Waals surface area contributed by atoms with E-state index in [1.54, 1.807) is 11.3 Å². The van der Waals surface area contributed by atoms with E-state index in [0.29, 0.717) is 5.88 Å². The number of alkyl halides is 1. The van der Waals surface area contributed by atoms with Crippen LogP contribution in [-0.4, -0.2) is 4.98 Å². The summed E-state index contributed by atoms with van der Waals surface area (Å²) in [6.45, 7) is 8.49. The van der Waals surface area contributed by atoms with Gasteiger partial charge in [-0.2, -0.15) is 0 Å². The summed E-state index contributed by atoms with van der Waals surface area (Å²) in [4.78, 5) is 5.78. The van der Waals surface area contributed by atoms with Gasteiger partial charge in [0.2, 0.25) is 0 Å². The Balaban J connectivity index is 2.57. The van der Waals surface area contributed by atoms with E-state index in [1.165, 1.54) is 27.1 Å². The molecule has 0 aliphatic rings. The molecule has 0 N–H and O–H groups in total. The second-order valence-electron chi connectivity index (χ2n) is 4.34. The molecule has 2 rings (SSSR count). The number of aromatic nitrogens is 1. The molecule has 0 radical (unpaired) electrons. The molecule has 0 spiro atoms. The Labute approximate surface area is 111 Å². The Kier molecular flexibility index (Phi) is 3.55. The zero-order valence-corrected chi connectivity index (χ0v) is 12.2. The van der Waals surface area contributed by atoms with Crippen molar-refractivity contribution in [3.63, 3.8) is 0 Å². The fourth-order valence-electron chi connectivity index (χ4n) is 1.85. The van der Waals surface area contributed by atoms with Gasteiger partial charge in [-0.05, 0) is 44.4 Å². The highest BCUT2D eigenvalue weighted by molar-refractivity contribution is 7.15. The van der Waals surface area contributed by atoms with E-state index < -0.39 is 0 Å². The highest BCUT2D eigenvalue weighted by Crippen LogP contribution is 2.32. The minimum Gasteiger partial charge on any atom is -0.241 e. The van der Waals surface area contributed by atoms with Crippen LogP contribution >= 0.6 is 22.9 Å². The van der Waals surface area contributed by atoms with Crippen molar-refractivity contribution in [1.29, 1.82) is 0 Å². The molecular weight excluding hydrogens is 250 g/mol. The molecule has 3 heteroatoms. The third-order valence-electron chi connectivity index (χ3n) is 3.30. The third-order valence-corrected chi connectivity index (χ3v) is 4.92. The summed E-state index contributed by atoms with van der Waals surface area (Å²) >= 11 is 7.60. The van der Waals surface area contributed by atoms with Crippen LogP contribution in [-0.2, 0) is 5.88 Å². The Bertz CT molecular complexity index is 558. The average molecular weight is 266 g/mol. The highest BCUT2D eigenvalue weighted by atomic mass is 35.5. The monoisotopic (exact) mass is 265 g/mol. The van der Waals surface area contributed by atoms with Gasteiger partial charge in [-0.3, -0.25) is 0 Å². The van der Waals surface area contributed by atoms with Crippen molar-refractivity contribution in [2.24, 2.45) is 0 Å². The molecule has 0 aliphatic heterocycles. The van der Waals surface area contributed by atoms with Gasteiger partial charge in [0.05, 0.1) is 11.6 Å². The van der Waals surface area contributed by atoms with Crippen LogP contribution < -0.4 is 0 Å². The van der Waals surface area contributed by atoms with Crippen molar-refractivity contribution < 1.29 is 0 Å². The van der Waals surface area contributed by atoms with Crippen molar-refractivity contribution in [3.05, 3.63) is 39.4 Å². The van der Waals surface area contributed by atoms with Gasteiger partial charge in [0.25, 0.3) is 0 Å². The molecule has 17 heavy (non-hydrogen) atoms. The van der Waals surface area contributed by atoms with E-state index in [2.05, 4.69) is 37.9 Å². The van der Waals surface area contributed by atoms with Crippen molar-refractivity contribution >= 4 is 22.9 Å².